The van der Waals surface area contributed by atoms with Crippen LogP contribution in [0.15, 0.2) is 27.2 Å². The largest absolute Gasteiger partial charge is 0.459 e. The Labute approximate surface area is 116 Å². The summed E-state index contributed by atoms with van der Waals surface area (Å²) in [5, 5.41) is 9.23. The highest BCUT2D eigenvalue weighted by atomic mass is 16.5. The molecular weight excluding hydrogens is 258 g/mol. The fraction of sp³-hybridized carbons (Fsp3) is 0.429. The molecule has 2 atom stereocenters. The van der Waals surface area contributed by atoms with Crippen LogP contribution in [-0.4, -0.2) is 30.3 Å². The van der Waals surface area contributed by atoms with E-state index >= 15 is 0 Å². The van der Waals surface area contributed by atoms with Crippen molar-refractivity contribution in [2.45, 2.75) is 26.1 Å². The molecule has 0 unspecified atom stereocenters. The first kappa shape index (κ1) is 12.8. The first-order valence-corrected chi connectivity index (χ1v) is 6.52. The van der Waals surface area contributed by atoms with Gasteiger partial charge < -0.3 is 18.5 Å². The Morgan fingerprint density at radius 3 is 2.70 bits per heavy atom. The van der Waals surface area contributed by atoms with E-state index in [4.69, 9.17) is 13.6 Å². The second-order valence-corrected chi connectivity index (χ2v) is 4.92. The van der Waals surface area contributed by atoms with Gasteiger partial charge in [-0.3, -0.25) is 0 Å². The normalized spacial score (nSPS) is 22.8. The number of morpholine rings is 1. The lowest BCUT2D eigenvalue weighted by molar-refractivity contribution is -0.00639. The zero-order chi connectivity index (χ0) is 14.1. The van der Waals surface area contributed by atoms with E-state index in [-0.39, 0.29) is 17.9 Å². The summed E-state index contributed by atoms with van der Waals surface area (Å²) >= 11 is 0. The van der Waals surface area contributed by atoms with Gasteiger partial charge in [-0.25, -0.2) is 0 Å². The number of nitriles is 1. The Hall–Kier alpha value is -2.26. The predicted molar refractivity (Wildman–Crippen MR) is 71.1 cm³/mol. The summed E-state index contributed by atoms with van der Waals surface area (Å²) in [6.45, 7) is 5.34. The van der Waals surface area contributed by atoms with Crippen molar-refractivity contribution in [3.05, 3.63) is 24.1 Å². The molecule has 6 heteroatoms. The van der Waals surface area contributed by atoms with E-state index in [9.17, 15) is 5.26 Å². The lowest BCUT2D eigenvalue weighted by Gasteiger charge is -2.34. The van der Waals surface area contributed by atoms with Crippen LogP contribution in [0.4, 0.5) is 5.88 Å². The molecule has 0 bridgehead atoms. The molecule has 2 aromatic heterocycles. The van der Waals surface area contributed by atoms with Gasteiger partial charge in [0, 0.05) is 13.1 Å². The Balaban J connectivity index is 1.95. The van der Waals surface area contributed by atoms with E-state index < -0.39 is 0 Å². The van der Waals surface area contributed by atoms with Gasteiger partial charge in [0.25, 0.3) is 5.89 Å². The standard InChI is InChI=1S/C14H15N3O3/c1-9-7-17(8-10(2)19-9)14-11(6-15)16-13(20-14)12-4-3-5-18-12/h3-5,9-10H,7-8H2,1-2H3/t9-,10+. The first-order valence-electron chi connectivity index (χ1n) is 6.52. The fourth-order valence-corrected chi connectivity index (χ4v) is 2.45. The van der Waals surface area contributed by atoms with Crippen LogP contribution in [0.3, 0.4) is 0 Å². The summed E-state index contributed by atoms with van der Waals surface area (Å²) in [6, 6.07) is 5.58. The van der Waals surface area contributed by atoms with E-state index in [1.807, 2.05) is 18.7 Å². The third-order valence-corrected chi connectivity index (χ3v) is 3.15. The highest BCUT2D eigenvalue weighted by Crippen LogP contribution is 2.30. The minimum absolute atomic E-state index is 0.0856. The molecular formula is C14H15N3O3. The second-order valence-electron chi connectivity index (χ2n) is 4.92. The number of anilines is 1. The monoisotopic (exact) mass is 273 g/mol. The van der Waals surface area contributed by atoms with Crippen molar-refractivity contribution in [2.24, 2.45) is 0 Å². The minimum Gasteiger partial charge on any atom is -0.459 e. The quantitative estimate of drug-likeness (QED) is 0.836. The summed E-state index contributed by atoms with van der Waals surface area (Å²) < 4.78 is 16.7. The number of nitrogens with zero attached hydrogens (tertiary/aromatic N) is 3. The highest BCUT2D eigenvalue weighted by molar-refractivity contribution is 5.55. The summed E-state index contributed by atoms with van der Waals surface area (Å²) in [5.41, 5.74) is 0.276. The number of furan rings is 1. The van der Waals surface area contributed by atoms with Gasteiger partial charge in [0.15, 0.2) is 5.76 Å². The average Bonchev–Trinajstić information content (AvgIpc) is 3.06. The molecule has 0 radical (unpaired) electrons. The van der Waals surface area contributed by atoms with Crippen LogP contribution in [0.1, 0.15) is 19.5 Å². The average molecular weight is 273 g/mol. The Bertz CT molecular complexity index is 617. The molecule has 1 saturated heterocycles. The number of hydrogen-bond donors (Lipinski definition) is 0. The number of aromatic nitrogens is 1. The second kappa shape index (κ2) is 5.02. The third-order valence-electron chi connectivity index (χ3n) is 3.15. The molecule has 0 amide bonds. The number of hydrogen-bond acceptors (Lipinski definition) is 6. The molecule has 3 heterocycles. The molecule has 0 saturated carbocycles. The van der Waals surface area contributed by atoms with E-state index in [0.29, 0.717) is 30.6 Å². The molecule has 1 fully saturated rings. The van der Waals surface area contributed by atoms with Crippen LogP contribution in [0.2, 0.25) is 0 Å². The molecule has 104 valence electrons. The number of oxazole rings is 1. The fourth-order valence-electron chi connectivity index (χ4n) is 2.45. The molecule has 0 aliphatic carbocycles. The van der Waals surface area contributed by atoms with Crippen molar-refractivity contribution in [1.82, 2.24) is 4.98 Å². The van der Waals surface area contributed by atoms with Gasteiger partial charge in [-0.2, -0.15) is 10.2 Å². The molecule has 6 nitrogen and oxygen atoms in total. The van der Waals surface area contributed by atoms with Crippen LogP contribution in [-0.2, 0) is 4.74 Å². The minimum atomic E-state index is 0.0856. The molecule has 0 aromatic carbocycles. The summed E-state index contributed by atoms with van der Waals surface area (Å²) in [4.78, 5) is 6.19. The van der Waals surface area contributed by atoms with Gasteiger partial charge in [0.05, 0.1) is 18.5 Å². The molecule has 0 N–H and O–H groups in total. The Kier molecular flexibility index (Phi) is 3.20. The van der Waals surface area contributed by atoms with E-state index in [2.05, 4.69) is 11.1 Å². The van der Waals surface area contributed by atoms with Crippen LogP contribution >= 0.6 is 0 Å². The SMILES string of the molecule is C[C@@H]1CN(c2oc(-c3ccco3)nc2C#N)C[C@H](C)O1. The van der Waals surface area contributed by atoms with E-state index in [1.54, 1.807) is 18.4 Å². The van der Waals surface area contributed by atoms with Crippen LogP contribution in [0.5, 0.6) is 0 Å². The van der Waals surface area contributed by atoms with Gasteiger partial charge in [-0.1, -0.05) is 0 Å². The van der Waals surface area contributed by atoms with Crippen LogP contribution in [0, 0.1) is 11.3 Å². The number of ether oxygens (including phenoxy) is 1. The Morgan fingerprint density at radius 2 is 2.10 bits per heavy atom. The van der Waals surface area contributed by atoms with Gasteiger partial charge in [-0.15, -0.1) is 0 Å². The van der Waals surface area contributed by atoms with E-state index in [1.165, 1.54) is 0 Å². The summed E-state index contributed by atoms with van der Waals surface area (Å²) in [5.74, 6) is 1.33. The number of rotatable bonds is 2. The van der Waals surface area contributed by atoms with Crippen molar-refractivity contribution in [3.63, 3.8) is 0 Å². The molecule has 0 spiro atoms. The van der Waals surface area contributed by atoms with Crippen molar-refractivity contribution in [2.75, 3.05) is 18.0 Å². The molecule has 20 heavy (non-hydrogen) atoms. The van der Waals surface area contributed by atoms with Crippen molar-refractivity contribution in [3.8, 4) is 17.7 Å². The highest BCUT2D eigenvalue weighted by Gasteiger charge is 2.28. The van der Waals surface area contributed by atoms with Crippen LogP contribution in [0.25, 0.3) is 11.7 Å². The van der Waals surface area contributed by atoms with Gasteiger partial charge in [-0.05, 0) is 26.0 Å². The lowest BCUT2D eigenvalue weighted by Crippen LogP contribution is -2.45. The maximum absolute atomic E-state index is 9.23. The van der Waals surface area contributed by atoms with Gasteiger partial charge >= 0.3 is 0 Å². The van der Waals surface area contributed by atoms with Crippen molar-refractivity contribution >= 4 is 5.88 Å². The third kappa shape index (κ3) is 2.28. The molecule has 3 rings (SSSR count). The van der Waals surface area contributed by atoms with Gasteiger partial charge in [0.1, 0.15) is 6.07 Å². The summed E-state index contributed by atoms with van der Waals surface area (Å²) in [6.07, 6.45) is 1.72. The first-order chi connectivity index (χ1) is 9.67. The van der Waals surface area contributed by atoms with Crippen molar-refractivity contribution < 1.29 is 13.6 Å². The zero-order valence-electron chi connectivity index (χ0n) is 11.4. The predicted octanol–water partition coefficient (Wildman–Crippen LogP) is 2.42. The molecule has 2 aromatic rings. The maximum Gasteiger partial charge on any atom is 0.266 e. The maximum atomic E-state index is 9.23. The Morgan fingerprint density at radius 1 is 1.35 bits per heavy atom. The zero-order valence-corrected chi connectivity index (χ0v) is 11.4. The molecule has 1 aliphatic heterocycles. The lowest BCUT2D eigenvalue weighted by atomic mass is 10.2. The van der Waals surface area contributed by atoms with Gasteiger partial charge in [0.2, 0.25) is 11.6 Å². The topological polar surface area (TPSA) is 75.4 Å². The molecule has 1 aliphatic rings. The summed E-state index contributed by atoms with van der Waals surface area (Å²) in [7, 11) is 0. The van der Waals surface area contributed by atoms with Crippen molar-refractivity contribution in [1.29, 1.82) is 5.26 Å². The van der Waals surface area contributed by atoms with E-state index in [0.717, 1.165) is 0 Å². The van der Waals surface area contributed by atoms with Crippen LogP contribution < -0.4 is 4.90 Å². The smallest absolute Gasteiger partial charge is 0.266 e.